The predicted molar refractivity (Wildman–Crippen MR) is 83.3 cm³/mol. The summed E-state index contributed by atoms with van der Waals surface area (Å²) in [7, 11) is 0. The molecule has 2 unspecified atom stereocenters. The lowest BCUT2D eigenvalue weighted by molar-refractivity contribution is 0.168. The number of hydrogen-bond donors (Lipinski definition) is 1. The highest BCUT2D eigenvalue weighted by Crippen LogP contribution is 2.38. The van der Waals surface area contributed by atoms with Crippen molar-refractivity contribution in [3.8, 4) is 6.07 Å². The number of nitrogens with one attached hydrogen (secondary N) is 1. The maximum absolute atomic E-state index is 12.2. The average molecular weight is 369 g/mol. The molecule has 21 heavy (non-hydrogen) atoms. The minimum absolute atomic E-state index is 0.392. The topological polar surface area (TPSA) is 85.6 Å². The van der Waals surface area contributed by atoms with Gasteiger partial charge in [-0.2, -0.15) is 5.26 Å². The minimum atomic E-state index is -0.650. The molecule has 110 valence electrons. The summed E-state index contributed by atoms with van der Waals surface area (Å²) in [5.41, 5.74) is 0.428. The van der Waals surface area contributed by atoms with Crippen LogP contribution in [0.15, 0.2) is 20.9 Å². The quantitative estimate of drug-likeness (QED) is 0.868. The number of thiophene rings is 1. The van der Waals surface area contributed by atoms with Crippen molar-refractivity contribution in [2.75, 3.05) is 6.54 Å². The summed E-state index contributed by atoms with van der Waals surface area (Å²) in [5, 5.41) is 13.9. The Kier molecular flexibility index (Phi) is 4.75. The Balaban J connectivity index is 2.51. The summed E-state index contributed by atoms with van der Waals surface area (Å²) >= 11 is 4.74. The van der Waals surface area contributed by atoms with E-state index in [1.807, 2.05) is 11.4 Å². The molecule has 6 nitrogen and oxygen atoms in total. The van der Waals surface area contributed by atoms with E-state index in [-0.39, 0.29) is 0 Å². The van der Waals surface area contributed by atoms with E-state index >= 15 is 0 Å². The van der Waals surface area contributed by atoms with Crippen LogP contribution in [0.1, 0.15) is 24.8 Å². The van der Waals surface area contributed by atoms with E-state index in [1.165, 1.54) is 11.3 Å². The lowest BCUT2D eigenvalue weighted by Crippen LogP contribution is -2.50. The Bertz CT molecular complexity index is 649. The normalized spacial score (nSPS) is 21.7. The van der Waals surface area contributed by atoms with Gasteiger partial charge in [0.2, 0.25) is 0 Å². The molecule has 1 aromatic heterocycles. The van der Waals surface area contributed by atoms with Gasteiger partial charge in [-0.1, -0.05) is 0 Å². The first-order chi connectivity index (χ1) is 9.99. The standard InChI is InChI=1S/C13H13BrN4O2S/c1-3-16-12(19)18-11(10-4-8(14)6-21-10)9(5-15)7(2)17-13(18)20/h4,6,9,11H,3H2,1-2H3,(H,16,19). The van der Waals surface area contributed by atoms with E-state index in [9.17, 15) is 14.9 Å². The summed E-state index contributed by atoms with van der Waals surface area (Å²) in [6.07, 6.45) is 0. The second-order valence-corrected chi connectivity index (χ2v) is 6.32. The summed E-state index contributed by atoms with van der Waals surface area (Å²) in [5.74, 6) is -0.643. The van der Waals surface area contributed by atoms with Gasteiger partial charge in [-0.25, -0.2) is 19.5 Å². The fraction of sp³-hybridized carbons (Fsp3) is 0.385. The van der Waals surface area contributed by atoms with Crippen LogP contribution in [0.4, 0.5) is 9.59 Å². The molecule has 2 atom stereocenters. The lowest BCUT2D eigenvalue weighted by Gasteiger charge is -2.34. The van der Waals surface area contributed by atoms with Gasteiger partial charge in [0.1, 0.15) is 5.92 Å². The number of halogens is 1. The van der Waals surface area contributed by atoms with Crippen LogP contribution in [-0.4, -0.2) is 29.2 Å². The minimum Gasteiger partial charge on any atom is -0.338 e. The lowest BCUT2D eigenvalue weighted by atomic mass is 9.92. The van der Waals surface area contributed by atoms with Crippen molar-refractivity contribution in [1.82, 2.24) is 10.2 Å². The molecular formula is C13H13BrN4O2S. The molecule has 0 saturated carbocycles. The van der Waals surface area contributed by atoms with E-state index in [4.69, 9.17) is 0 Å². The summed E-state index contributed by atoms with van der Waals surface area (Å²) in [4.78, 5) is 29.9. The van der Waals surface area contributed by atoms with Crippen molar-refractivity contribution < 1.29 is 9.59 Å². The van der Waals surface area contributed by atoms with Crippen molar-refractivity contribution in [2.45, 2.75) is 19.9 Å². The number of hydrogen-bond acceptors (Lipinski definition) is 4. The van der Waals surface area contributed by atoms with Gasteiger partial charge in [-0.15, -0.1) is 11.3 Å². The first kappa shape index (κ1) is 15.7. The fourth-order valence-electron chi connectivity index (χ4n) is 2.16. The van der Waals surface area contributed by atoms with Gasteiger partial charge >= 0.3 is 12.1 Å². The molecule has 0 aliphatic carbocycles. The van der Waals surface area contributed by atoms with Gasteiger partial charge < -0.3 is 5.32 Å². The number of carbonyl (C=O) groups is 2. The molecular weight excluding hydrogens is 356 g/mol. The molecule has 0 bridgehead atoms. The Hall–Kier alpha value is -1.72. The third kappa shape index (κ3) is 2.99. The second kappa shape index (κ2) is 6.37. The maximum atomic E-state index is 12.2. The predicted octanol–water partition coefficient (Wildman–Crippen LogP) is 3.32. The number of aliphatic imine (C=N–C) groups is 1. The zero-order valence-corrected chi connectivity index (χ0v) is 13.9. The molecule has 8 heteroatoms. The highest BCUT2D eigenvalue weighted by atomic mass is 79.9. The van der Waals surface area contributed by atoms with Crippen LogP contribution in [0.3, 0.4) is 0 Å². The number of urea groups is 2. The number of nitriles is 1. The monoisotopic (exact) mass is 368 g/mol. The van der Waals surface area contributed by atoms with Gasteiger partial charge in [-0.05, 0) is 35.8 Å². The first-order valence-electron chi connectivity index (χ1n) is 6.29. The highest BCUT2D eigenvalue weighted by molar-refractivity contribution is 9.10. The molecule has 4 amide bonds. The SMILES string of the molecule is CCNC(=O)N1C(=O)N=C(C)C(C#N)C1c1cc(Br)cs1. The zero-order valence-electron chi connectivity index (χ0n) is 11.5. The van der Waals surface area contributed by atoms with E-state index in [0.29, 0.717) is 12.3 Å². The number of carbonyl (C=O) groups excluding carboxylic acids is 2. The van der Waals surface area contributed by atoms with Crippen molar-refractivity contribution in [2.24, 2.45) is 10.9 Å². The van der Waals surface area contributed by atoms with Gasteiger partial charge in [0.25, 0.3) is 0 Å². The van der Waals surface area contributed by atoms with E-state index < -0.39 is 24.0 Å². The van der Waals surface area contributed by atoms with E-state index in [1.54, 1.807) is 13.8 Å². The van der Waals surface area contributed by atoms with Crippen LogP contribution in [0.25, 0.3) is 0 Å². The Morgan fingerprint density at radius 1 is 1.67 bits per heavy atom. The van der Waals surface area contributed by atoms with E-state index in [0.717, 1.165) is 14.2 Å². The summed E-state index contributed by atoms with van der Waals surface area (Å²) in [6.45, 7) is 3.79. The van der Waals surface area contributed by atoms with Gasteiger partial charge in [0, 0.05) is 27.0 Å². The molecule has 2 heterocycles. The molecule has 0 radical (unpaired) electrons. The van der Waals surface area contributed by atoms with Gasteiger partial charge in [0.15, 0.2) is 0 Å². The molecule has 1 aliphatic rings. The third-order valence-corrected chi connectivity index (χ3v) is 4.85. The Morgan fingerprint density at radius 2 is 2.38 bits per heavy atom. The molecule has 2 rings (SSSR count). The maximum Gasteiger partial charge on any atom is 0.352 e. The molecule has 0 fully saturated rings. The highest BCUT2D eigenvalue weighted by Gasteiger charge is 2.42. The smallest absolute Gasteiger partial charge is 0.338 e. The summed E-state index contributed by atoms with van der Waals surface area (Å²) < 4.78 is 0.850. The molecule has 1 aromatic rings. The summed E-state index contributed by atoms with van der Waals surface area (Å²) in [6, 6.07) is 2.14. The van der Waals surface area contributed by atoms with Crippen LogP contribution in [0.2, 0.25) is 0 Å². The van der Waals surface area contributed by atoms with Crippen LogP contribution in [-0.2, 0) is 0 Å². The molecule has 0 aromatic carbocycles. The number of nitrogens with zero attached hydrogens (tertiary/aromatic N) is 3. The fourth-order valence-corrected chi connectivity index (χ4v) is 3.73. The van der Waals surface area contributed by atoms with Crippen LogP contribution >= 0.6 is 27.3 Å². The third-order valence-electron chi connectivity index (χ3n) is 3.09. The van der Waals surface area contributed by atoms with Crippen molar-refractivity contribution in [3.05, 3.63) is 20.8 Å². The molecule has 0 saturated heterocycles. The van der Waals surface area contributed by atoms with Crippen molar-refractivity contribution in [1.29, 1.82) is 5.26 Å². The second-order valence-electron chi connectivity index (χ2n) is 4.46. The van der Waals surface area contributed by atoms with Crippen LogP contribution in [0.5, 0.6) is 0 Å². The van der Waals surface area contributed by atoms with Crippen molar-refractivity contribution in [3.63, 3.8) is 0 Å². The molecule has 1 aliphatic heterocycles. The molecule has 1 N–H and O–H groups in total. The van der Waals surface area contributed by atoms with Crippen LogP contribution < -0.4 is 5.32 Å². The number of imide groups is 1. The largest absolute Gasteiger partial charge is 0.352 e. The van der Waals surface area contributed by atoms with E-state index in [2.05, 4.69) is 32.3 Å². The number of rotatable bonds is 2. The van der Waals surface area contributed by atoms with Crippen molar-refractivity contribution >= 4 is 45.0 Å². The zero-order chi connectivity index (χ0) is 15.6. The Labute approximate surface area is 134 Å². The number of amides is 4. The van der Waals surface area contributed by atoms with Gasteiger partial charge in [0.05, 0.1) is 12.1 Å². The molecule has 0 spiro atoms. The van der Waals surface area contributed by atoms with Crippen LogP contribution in [0, 0.1) is 17.2 Å². The first-order valence-corrected chi connectivity index (χ1v) is 7.96. The average Bonchev–Trinajstić information content (AvgIpc) is 2.84. The van der Waals surface area contributed by atoms with Gasteiger partial charge in [-0.3, -0.25) is 0 Å². The Morgan fingerprint density at radius 3 is 2.90 bits per heavy atom.